The van der Waals surface area contributed by atoms with Crippen LogP contribution < -0.4 is 4.74 Å². The van der Waals surface area contributed by atoms with Crippen molar-refractivity contribution in [1.82, 2.24) is 0 Å². The molecular weight excluding hydrogens is 220 g/mol. The van der Waals surface area contributed by atoms with Crippen LogP contribution in [0, 0.1) is 0 Å². The van der Waals surface area contributed by atoms with Crippen LogP contribution in [-0.4, -0.2) is 24.8 Å². The lowest BCUT2D eigenvalue weighted by molar-refractivity contribution is -0.134. The number of esters is 1. The number of aliphatic hydroxyl groups is 1. The van der Waals surface area contributed by atoms with Gasteiger partial charge in [-0.1, -0.05) is 12.1 Å². The zero-order valence-corrected chi connectivity index (χ0v) is 9.76. The van der Waals surface area contributed by atoms with Gasteiger partial charge in [0.05, 0.1) is 19.4 Å². The number of carbonyl (C=O) groups excluding carboxylic acids is 1. The van der Waals surface area contributed by atoms with Crippen molar-refractivity contribution in [2.75, 3.05) is 13.7 Å². The highest BCUT2D eigenvalue weighted by Gasteiger charge is 1.96. The molecule has 1 aromatic rings. The van der Waals surface area contributed by atoms with E-state index in [-0.39, 0.29) is 6.61 Å². The van der Waals surface area contributed by atoms with Crippen LogP contribution in [0.3, 0.4) is 0 Å². The zero-order valence-electron chi connectivity index (χ0n) is 9.76. The Balaban J connectivity index is 2.53. The molecule has 17 heavy (non-hydrogen) atoms. The summed E-state index contributed by atoms with van der Waals surface area (Å²) in [5, 5.41) is 8.73. The van der Waals surface area contributed by atoms with Gasteiger partial charge in [0.15, 0.2) is 0 Å². The van der Waals surface area contributed by atoms with Crippen molar-refractivity contribution < 1.29 is 19.4 Å². The van der Waals surface area contributed by atoms with Gasteiger partial charge >= 0.3 is 5.97 Å². The van der Waals surface area contributed by atoms with Crippen LogP contribution in [0.5, 0.6) is 5.75 Å². The van der Waals surface area contributed by atoms with E-state index in [0.29, 0.717) is 5.75 Å². The highest BCUT2D eigenvalue weighted by atomic mass is 16.5. The molecule has 1 rings (SSSR count). The number of rotatable bonds is 6. The Bertz CT molecular complexity index is 385. The second-order valence-corrected chi connectivity index (χ2v) is 3.42. The van der Waals surface area contributed by atoms with Gasteiger partial charge in [0, 0.05) is 6.61 Å². The molecule has 1 N–H and O–H groups in total. The largest absolute Gasteiger partial charge is 0.466 e. The van der Waals surface area contributed by atoms with Crippen molar-refractivity contribution in [3.05, 3.63) is 42.2 Å². The number of aryl methyl sites for hydroxylation is 1. The van der Waals surface area contributed by atoms with Gasteiger partial charge in [0.2, 0.25) is 0 Å². The van der Waals surface area contributed by atoms with Crippen LogP contribution >= 0.6 is 0 Å². The summed E-state index contributed by atoms with van der Waals surface area (Å²) in [7, 11) is 1.31. The van der Waals surface area contributed by atoms with Crippen LogP contribution in [0.25, 0.3) is 0 Å². The van der Waals surface area contributed by atoms with Gasteiger partial charge < -0.3 is 14.6 Å². The predicted molar refractivity (Wildman–Crippen MR) is 63.6 cm³/mol. The first-order valence-corrected chi connectivity index (χ1v) is 5.37. The molecule has 0 aliphatic rings. The van der Waals surface area contributed by atoms with Crippen LogP contribution in [0.1, 0.15) is 12.0 Å². The van der Waals surface area contributed by atoms with E-state index in [1.54, 1.807) is 6.07 Å². The highest BCUT2D eigenvalue weighted by molar-refractivity contribution is 5.81. The molecule has 0 fully saturated rings. The first kappa shape index (κ1) is 13.3. The first-order valence-electron chi connectivity index (χ1n) is 5.37. The monoisotopic (exact) mass is 236 g/mol. The van der Waals surface area contributed by atoms with Crippen LogP contribution in [-0.2, 0) is 16.0 Å². The number of carbonyl (C=O) groups is 1. The number of methoxy groups -OCH3 is 1. The van der Waals surface area contributed by atoms with Gasteiger partial charge in [0.1, 0.15) is 5.75 Å². The minimum atomic E-state index is -0.457. The van der Waals surface area contributed by atoms with Crippen molar-refractivity contribution in [3.8, 4) is 5.75 Å². The van der Waals surface area contributed by atoms with Crippen molar-refractivity contribution in [3.63, 3.8) is 0 Å². The van der Waals surface area contributed by atoms with Crippen LogP contribution in [0.4, 0.5) is 0 Å². The molecule has 0 radical (unpaired) electrons. The minimum absolute atomic E-state index is 0.174. The summed E-state index contributed by atoms with van der Waals surface area (Å²) >= 11 is 0. The number of ether oxygens (including phenoxy) is 2. The molecule has 0 saturated carbocycles. The number of benzene rings is 1. The van der Waals surface area contributed by atoms with E-state index in [4.69, 9.17) is 9.84 Å². The maximum absolute atomic E-state index is 10.8. The third-order valence-electron chi connectivity index (χ3n) is 2.13. The van der Waals surface area contributed by atoms with Gasteiger partial charge in [-0.05, 0) is 30.5 Å². The molecule has 0 aromatic heterocycles. The zero-order chi connectivity index (χ0) is 12.5. The smallest absolute Gasteiger partial charge is 0.333 e. The Morgan fingerprint density at radius 2 is 2.29 bits per heavy atom. The lowest BCUT2D eigenvalue weighted by atomic mass is 10.1. The third-order valence-corrected chi connectivity index (χ3v) is 2.13. The number of hydrogen-bond donors (Lipinski definition) is 1. The number of aliphatic hydroxyl groups excluding tert-OH is 1. The summed E-state index contributed by atoms with van der Waals surface area (Å²) in [6, 6.07) is 7.50. The molecule has 0 bridgehead atoms. The van der Waals surface area contributed by atoms with E-state index in [9.17, 15) is 4.79 Å². The lowest BCUT2D eigenvalue weighted by Gasteiger charge is -2.03. The van der Waals surface area contributed by atoms with E-state index in [0.717, 1.165) is 18.4 Å². The molecule has 0 aliphatic heterocycles. The summed E-state index contributed by atoms with van der Waals surface area (Å²) in [5.41, 5.74) is 1.09. The SMILES string of the molecule is COC(=O)C=COc1cccc(CCCO)c1. The van der Waals surface area contributed by atoms with Crippen LogP contribution in [0.2, 0.25) is 0 Å². The molecular formula is C13H16O4. The molecule has 4 nitrogen and oxygen atoms in total. The molecule has 0 amide bonds. The fourth-order valence-corrected chi connectivity index (χ4v) is 1.29. The quantitative estimate of drug-likeness (QED) is 0.464. The predicted octanol–water partition coefficient (Wildman–Crippen LogP) is 1.68. The molecule has 0 spiro atoms. The summed E-state index contributed by atoms with van der Waals surface area (Å²) in [5.74, 6) is 0.196. The molecule has 0 unspecified atom stereocenters. The van der Waals surface area contributed by atoms with Crippen molar-refractivity contribution in [1.29, 1.82) is 0 Å². The fraction of sp³-hybridized carbons (Fsp3) is 0.308. The van der Waals surface area contributed by atoms with E-state index in [1.165, 1.54) is 19.4 Å². The third kappa shape index (κ3) is 5.17. The molecule has 0 aliphatic carbocycles. The van der Waals surface area contributed by atoms with Crippen molar-refractivity contribution in [2.45, 2.75) is 12.8 Å². The van der Waals surface area contributed by atoms with E-state index < -0.39 is 5.97 Å². The number of hydrogen-bond acceptors (Lipinski definition) is 4. The van der Waals surface area contributed by atoms with Gasteiger partial charge in [-0.25, -0.2) is 4.79 Å². The molecule has 0 heterocycles. The molecule has 0 atom stereocenters. The van der Waals surface area contributed by atoms with Gasteiger partial charge in [-0.2, -0.15) is 0 Å². The summed E-state index contributed by atoms with van der Waals surface area (Å²) in [6.07, 6.45) is 4.02. The maximum Gasteiger partial charge on any atom is 0.333 e. The fourth-order valence-electron chi connectivity index (χ4n) is 1.29. The van der Waals surface area contributed by atoms with Gasteiger partial charge in [-0.15, -0.1) is 0 Å². The second-order valence-electron chi connectivity index (χ2n) is 3.42. The normalized spacial score (nSPS) is 10.5. The van der Waals surface area contributed by atoms with Crippen molar-refractivity contribution in [2.24, 2.45) is 0 Å². The van der Waals surface area contributed by atoms with E-state index in [1.807, 2.05) is 18.2 Å². The van der Waals surface area contributed by atoms with Gasteiger partial charge in [-0.3, -0.25) is 0 Å². The first-order chi connectivity index (χ1) is 8.26. The van der Waals surface area contributed by atoms with Crippen LogP contribution in [0.15, 0.2) is 36.6 Å². The summed E-state index contributed by atoms with van der Waals surface area (Å²) in [6.45, 7) is 0.174. The lowest BCUT2D eigenvalue weighted by Crippen LogP contribution is -1.95. The molecule has 0 saturated heterocycles. The highest BCUT2D eigenvalue weighted by Crippen LogP contribution is 2.14. The second kappa shape index (κ2) is 7.46. The Labute approximate surface area is 100 Å². The molecule has 1 aromatic carbocycles. The standard InChI is InChI=1S/C13H16O4/c1-16-13(15)7-9-17-12-6-2-4-11(10-12)5-3-8-14/h2,4,6-7,9-10,14H,3,5,8H2,1H3. The maximum atomic E-state index is 10.8. The van der Waals surface area contributed by atoms with E-state index >= 15 is 0 Å². The molecule has 4 heteroatoms. The Kier molecular flexibility index (Phi) is 5.82. The molecule has 92 valence electrons. The Morgan fingerprint density at radius 3 is 3.00 bits per heavy atom. The Hall–Kier alpha value is -1.81. The van der Waals surface area contributed by atoms with Crippen molar-refractivity contribution >= 4 is 5.97 Å². The average Bonchev–Trinajstić information content (AvgIpc) is 2.36. The Morgan fingerprint density at radius 1 is 1.47 bits per heavy atom. The topological polar surface area (TPSA) is 55.8 Å². The van der Waals surface area contributed by atoms with E-state index in [2.05, 4.69) is 4.74 Å². The summed E-state index contributed by atoms with van der Waals surface area (Å²) in [4.78, 5) is 10.8. The average molecular weight is 236 g/mol. The van der Waals surface area contributed by atoms with Gasteiger partial charge in [0.25, 0.3) is 0 Å². The minimum Gasteiger partial charge on any atom is -0.466 e. The summed E-state index contributed by atoms with van der Waals surface area (Å²) < 4.78 is 9.69.